The molecule has 12 amide bonds. The summed E-state index contributed by atoms with van der Waals surface area (Å²) >= 11 is 2.82. The second-order valence-corrected chi connectivity index (χ2v) is 31.9. The van der Waals surface area contributed by atoms with Gasteiger partial charge in [-0.25, -0.2) is 4.98 Å². The number of aromatic amines is 1. The highest BCUT2D eigenvalue weighted by molar-refractivity contribution is 7.98. The van der Waals surface area contributed by atoms with Crippen molar-refractivity contribution in [3.05, 3.63) is 125 Å². The van der Waals surface area contributed by atoms with Crippen molar-refractivity contribution in [3.63, 3.8) is 0 Å². The van der Waals surface area contributed by atoms with Crippen LogP contribution in [0.15, 0.2) is 97.3 Å². The average molecular weight is 1530 g/mol. The summed E-state index contributed by atoms with van der Waals surface area (Å²) in [5.41, 5.74) is 11.2. The third kappa shape index (κ3) is 24.4. The van der Waals surface area contributed by atoms with Gasteiger partial charge in [0.2, 0.25) is 70.9 Å². The highest BCUT2D eigenvalue weighted by Crippen LogP contribution is 2.27. The van der Waals surface area contributed by atoms with E-state index in [9.17, 15) is 63.0 Å². The molecule has 29 nitrogen and oxygen atoms in total. The lowest BCUT2D eigenvalue weighted by atomic mass is 9.85. The lowest BCUT2D eigenvalue weighted by molar-refractivity contribution is -0.146. The highest BCUT2D eigenvalue weighted by atomic mass is 32.2. The number of aromatic nitrogens is 2. The first-order valence-electron chi connectivity index (χ1n) is 36.7. The zero-order valence-electron chi connectivity index (χ0n) is 63.2. The molecule has 5 aromatic rings. The van der Waals surface area contributed by atoms with E-state index in [0.29, 0.717) is 70.7 Å². The maximum absolute atomic E-state index is 15.2. The number of nitrogens with two attached hydrogens (primary N) is 2. The molecule has 1 fully saturated rings. The van der Waals surface area contributed by atoms with Gasteiger partial charge in [0.1, 0.15) is 82.6 Å². The van der Waals surface area contributed by atoms with E-state index >= 15 is 4.79 Å². The summed E-state index contributed by atoms with van der Waals surface area (Å²) in [7, 11) is 0. The van der Waals surface area contributed by atoms with Gasteiger partial charge in [0.05, 0.1) is 0 Å². The number of nitrogens with zero attached hydrogens (tertiary/aromatic N) is 2. The summed E-state index contributed by atoms with van der Waals surface area (Å²) in [6.45, 7) is 16.2. The Labute approximate surface area is 638 Å². The van der Waals surface area contributed by atoms with E-state index in [1.807, 2.05) is 24.3 Å². The molecule has 4 heterocycles. The first-order valence-corrected chi connectivity index (χ1v) is 39.0. The van der Waals surface area contributed by atoms with E-state index in [1.54, 1.807) is 78.2 Å². The molecule has 10 atom stereocenters. The number of hydrogen-bond donors (Lipinski definition) is 15. The third-order valence-corrected chi connectivity index (χ3v) is 21.6. The lowest BCUT2D eigenvalue weighted by Crippen LogP contribution is -2.66. The Morgan fingerprint density at radius 1 is 0.648 bits per heavy atom. The number of piperidine rings is 1. The van der Waals surface area contributed by atoms with Crippen LogP contribution in [0.2, 0.25) is 0 Å². The molecule has 2 bridgehead atoms. The van der Waals surface area contributed by atoms with Crippen molar-refractivity contribution in [2.24, 2.45) is 22.8 Å². The smallest absolute Gasteiger partial charge is 0.246 e. The van der Waals surface area contributed by atoms with Crippen molar-refractivity contribution in [2.75, 3.05) is 24.6 Å². The van der Waals surface area contributed by atoms with Crippen LogP contribution < -0.4 is 64.6 Å². The first kappa shape index (κ1) is 85.5. The topological polar surface area (TPSA) is 450 Å². The molecule has 0 radical (unpaired) electrons. The molecule has 0 aliphatic carbocycles. The van der Waals surface area contributed by atoms with Crippen molar-refractivity contribution in [2.45, 2.75) is 217 Å². The number of hydrogen-bond acceptors (Lipinski definition) is 18. The molecular weight excluding hydrogens is 1420 g/mol. The molecule has 0 saturated carbocycles. The molecule has 586 valence electrons. The Morgan fingerprint density at radius 2 is 1.24 bits per heavy atom. The van der Waals surface area contributed by atoms with Gasteiger partial charge in [-0.15, -0.1) is 0 Å². The van der Waals surface area contributed by atoms with Crippen molar-refractivity contribution in [3.8, 4) is 11.5 Å². The normalized spacial score (nSPS) is 24.8. The largest absolute Gasteiger partial charge is 0.508 e. The summed E-state index contributed by atoms with van der Waals surface area (Å²) < 4.78 is 0. The standard InChI is InChI=1S/C77H107N15O14S2/c1-11-54-66(98)85-57(39-50-40-81-64-53(50)20-17-33-80-64)68(100)90-76(8,9)73(105)82-45(4)65(97)84-56(37-46-23-27-51(93)28-24-46)69(101)91-77(10,44(2)3)74(106)88-55(21-12-14-32-78)67(99)87-59(63(79)96)43-108-42-49-19-16-18-48(36-49)41-107-35-31-61(95)89-62(75(5,6)7)71(103)86-58(38-47-25-29-52(94)30-26-47)72(104)92-34-15-13-22-60(92)70(102)83-54/h16-20,23-30,33,36,40,44-45,54-60,62,93-94H,11-15,21-22,31-32,34-35,37-39,41-43,78H2,1-10H3,(H2,79,96)(H,80,81)(H,82,105)(H,83,102)(H,84,97)(H,85,98)(H,86,103)(H,87,99)(H,88,106)(H,89,95)(H,90,100)(H,91,101)/t45-,54?,55-,56-,57-,58-,59-,60-,62?,77-/m0/s1. The molecule has 2 aliphatic heterocycles. The van der Waals surface area contributed by atoms with Gasteiger partial charge in [-0.2, -0.15) is 23.5 Å². The quantitative estimate of drug-likeness (QED) is 0.0752. The number of phenols is 2. The summed E-state index contributed by atoms with van der Waals surface area (Å²) in [5.74, 6) is -8.38. The number of H-pyrrole nitrogens is 1. The monoisotopic (exact) mass is 1530 g/mol. The average Bonchev–Trinajstić information content (AvgIpc) is 1.50. The summed E-state index contributed by atoms with van der Waals surface area (Å²) in [6.07, 6.45) is 4.92. The molecule has 1 saturated heterocycles. The van der Waals surface area contributed by atoms with Crippen LogP contribution in [0.3, 0.4) is 0 Å². The molecule has 108 heavy (non-hydrogen) atoms. The van der Waals surface area contributed by atoms with Gasteiger partial charge in [0.15, 0.2) is 0 Å². The van der Waals surface area contributed by atoms with E-state index in [-0.39, 0.29) is 75.3 Å². The molecule has 0 spiro atoms. The predicted molar refractivity (Wildman–Crippen MR) is 413 cm³/mol. The number of benzene rings is 3. The lowest BCUT2D eigenvalue weighted by Gasteiger charge is -2.38. The minimum absolute atomic E-state index is 0.00413. The Morgan fingerprint density at radius 3 is 1.86 bits per heavy atom. The van der Waals surface area contributed by atoms with Crippen LogP contribution in [0, 0.1) is 11.3 Å². The van der Waals surface area contributed by atoms with E-state index < -0.39 is 148 Å². The van der Waals surface area contributed by atoms with Crippen molar-refractivity contribution in [1.29, 1.82) is 0 Å². The number of fused-ring (bicyclic) bond motifs is 4. The predicted octanol–water partition coefficient (Wildman–Crippen LogP) is 3.35. The Kier molecular flexibility index (Phi) is 31.2. The number of nitrogens with one attached hydrogen (secondary N) is 11. The summed E-state index contributed by atoms with van der Waals surface area (Å²) in [4.78, 5) is 183. The Hall–Kier alpha value is -9.75. The molecule has 31 heteroatoms. The van der Waals surface area contributed by atoms with Gasteiger partial charge < -0.3 is 84.7 Å². The van der Waals surface area contributed by atoms with Crippen molar-refractivity contribution in [1.82, 2.24) is 68.0 Å². The number of aromatic hydroxyl groups is 2. The fraction of sp³-hybridized carbons (Fsp3) is 0.519. The van der Waals surface area contributed by atoms with Crippen molar-refractivity contribution >= 4 is 105 Å². The molecule has 2 unspecified atom stereocenters. The molecule has 17 N–H and O–H groups in total. The Balaban J connectivity index is 1.20. The highest BCUT2D eigenvalue weighted by Gasteiger charge is 2.44. The summed E-state index contributed by atoms with van der Waals surface area (Å²) in [5, 5.41) is 48.8. The number of phenolic OH excluding ortho intramolecular Hbond substituents is 2. The second-order valence-electron chi connectivity index (χ2n) is 29.8. The van der Waals surface area contributed by atoms with E-state index in [0.717, 1.165) is 11.1 Å². The van der Waals surface area contributed by atoms with E-state index in [2.05, 4.69) is 63.1 Å². The van der Waals surface area contributed by atoms with Gasteiger partial charge in [0, 0.05) is 73.0 Å². The minimum atomic E-state index is -1.83. The minimum Gasteiger partial charge on any atom is -0.508 e. The second kappa shape index (κ2) is 39.4. The van der Waals surface area contributed by atoms with Crippen LogP contribution in [-0.2, 0) is 88.3 Å². The van der Waals surface area contributed by atoms with Gasteiger partial charge in [-0.3, -0.25) is 57.5 Å². The van der Waals surface area contributed by atoms with Gasteiger partial charge in [-0.05, 0) is 155 Å². The molecule has 3 aromatic carbocycles. The van der Waals surface area contributed by atoms with Crippen molar-refractivity contribution < 1.29 is 67.7 Å². The molecule has 2 aromatic heterocycles. The van der Waals surface area contributed by atoms with Crippen LogP contribution in [0.25, 0.3) is 11.0 Å². The van der Waals surface area contributed by atoms with Crippen LogP contribution in [0.4, 0.5) is 0 Å². The number of thioether (sulfide) groups is 2. The van der Waals surface area contributed by atoms with Crippen LogP contribution >= 0.6 is 23.5 Å². The number of primary amides is 1. The van der Waals surface area contributed by atoms with Crippen LogP contribution in [-0.4, -0.2) is 186 Å². The zero-order valence-corrected chi connectivity index (χ0v) is 64.8. The Bertz CT molecular complexity index is 4000. The SMILES string of the molecule is CCC1NC(=O)[C@@H]2CCCCN2C(=O)[C@H](Cc2ccc(O)cc2)NC(=O)C(C(C)(C)C)NC(=O)CCSCc2cccc(c2)CSC[C@@H](C(N)=O)NC(=O)[C@H](CCCCN)NC(=O)[C@](C)(C(C)C)NC(=O)[C@H](Cc2ccc(O)cc2)NC(=O)[C@H](C)NC(=O)C(C)(C)NC(=O)[C@H](Cc2c[nH]c3ncccc23)NC1=O. The molecular formula is C77H107N15O14S2. The van der Waals surface area contributed by atoms with Gasteiger partial charge >= 0.3 is 0 Å². The number of unbranched alkanes of at least 4 members (excludes halogenated alkanes) is 1. The summed E-state index contributed by atoms with van der Waals surface area (Å²) in [6, 6.07) is 11.5. The van der Waals surface area contributed by atoms with Crippen LogP contribution in [0.5, 0.6) is 11.5 Å². The first-order chi connectivity index (χ1) is 51.1. The van der Waals surface area contributed by atoms with E-state index in [4.69, 9.17) is 11.5 Å². The molecule has 2 aliphatic rings. The number of rotatable bonds is 13. The van der Waals surface area contributed by atoms with Gasteiger partial charge in [-0.1, -0.05) is 90.1 Å². The number of carbonyl (C=O) groups is 12. The number of amides is 12. The fourth-order valence-electron chi connectivity index (χ4n) is 12.5. The maximum atomic E-state index is 15.2. The van der Waals surface area contributed by atoms with E-state index in [1.165, 1.54) is 92.5 Å². The zero-order chi connectivity index (χ0) is 79.2. The number of carbonyl (C=O) groups excluding carboxylic acids is 12. The van der Waals surface area contributed by atoms with Gasteiger partial charge in [0.25, 0.3) is 0 Å². The third-order valence-electron chi connectivity index (χ3n) is 19.4. The van der Waals surface area contributed by atoms with Crippen LogP contribution in [0.1, 0.15) is 148 Å². The molecule has 7 rings (SSSR count). The number of pyridine rings is 1. The fourth-order valence-corrected chi connectivity index (χ4v) is 14.4. The maximum Gasteiger partial charge on any atom is 0.246 e.